The number of hydrogen-bond acceptors (Lipinski definition) is 6. The lowest BCUT2D eigenvalue weighted by Gasteiger charge is -2.30. The van der Waals surface area contributed by atoms with Gasteiger partial charge < -0.3 is 4.52 Å². The van der Waals surface area contributed by atoms with E-state index in [0.29, 0.717) is 18.3 Å². The van der Waals surface area contributed by atoms with Crippen LogP contribution in [-0.4, -0.2) is 48.8 Å². The highest BCUT2D eigenvalue weighted by molar-refractivity contribution is 7.88. The molecule has 1 fully saturated rings. The molecule has 1 saturated heterocycles. The predicted molar refractivity (Wildman–Crippen MR) is 65.3 cm³/mol. The number of likely N-dealkylation sites (tertiary alicyclic amines) is 1. The van der Waals surface area contributed by atoms with Crippen LogP contribution < -0.4 is 4.72 Å². The van der Waals surface area contributed by atoms with Crippen LogP contribution in [0.25, 0.3) is 0 Å². The van der Waals surface area contributed by atoms with Crippen molar-refractivity contribution in [3.05, 3.63) is 11.7 Å². The summed E-state index contributed by atoms with van der Waals surface area (Å²) in [6, 6.07) is 0.0447. The summed E-state index contributed by atoms with van der Waals surface area (Å²) in [4.78, 5) is 6.35. The fourth-order valence-corrected chi connectivity index (χ4v) is 2.96. The Hall–Kier alpha value is -0.990. The minimum Gasteiger partial charge on any atom is -0.340 e. The SMILES string of the molecule is Cc1nc(CN2CCC(NS(C)(=O)=O)CC2)no1. The van der Waals surface area contributed by atoms with Gasteiger partial charge in [0.25, 0.3) is 0 Å². The van der Waals surface area contributed by atoms with Gasteiger partial charge in [0, 0.05) is 26.1 Å². The van der Waals surface area contributed by atoms with Crippen molar-refractivity contribution in [3.8, 4) is 0 Å². The summed E-state index contributed by atoms with van der Waals surface area (Å²) in [5.74, 6) is 1.25. The van der Waals surface area contributed by atoms with E-state index in [1.807, 2.05) is 0 Å². The highest BCUT2D eigenvalue weighted by atomic mass is 32.2. The third-order valence-electron chi connectivity index (χ3n) is 2.90. The van der Waals surface area contributed by atoms with E-state index in [1.165, 1.54) is 6.26 Å². The van der Waals surface area contributed by atoms with Crippen molar-refractivity contribution >= 4 is 10.0 Å². The molecule has 0 saturated carbocycles. The normalized spacial score (nSPS) is 19.2. The minimum absolute atomic E-state index is 0.0447. The van der Waals surface area contributed by atoms with Crippen molar-refractivity contribution in [2.75, 3.05) is 19.3 Å². The van der Waals surface area contributed by atoms with Gasteiger partial charge in [-0.3, -0.25) is 4.90 Å². The van der Waals surface area contributed by atoms with Crippen molar-refractivity contribution in [3.63, 3.8) is 0 Å². The average molecular weight is 274 g/mol. The zero-order chi connectivity index (χ0) is 13.2. The number of aryl methyl sites for hydroxylation is 1. The summed E-state index contributed by atoms with van der Waals surface area (Å²) in [6.45, 7) is 4.09. The number of rotatable bonds is 4. The van der Waals surface area contributed by atoms with Gasteiger partial charge >= 0.3 is 0 Å². The standard InChI is InChI=1S/C10H18N4O3S/c1-8-11-10(12-17-8)7-14-5-3-9(4-6-14)13-18(2,15)16/h9,13H,3-7H2,1-2H3. The van der Waals surface area contributed by atoms with Gasteiger partial charge in [-0.25, -0.2) is 13.1 Å². The summed E-state index contributed by atoms with van der Waals surface area (Å²) in [5.41, 5.74) is 0. The van der Waals surface area contributed by atoms with Crippen molar-refractivity contribution in [2.45, 2.75) is 32.4 Å². The summed E-state index contributed by atoms with van der Waals surface area (Å²) in [6.07, 6.45) is 2.81. The van der Waals surface area contributed by atoms with E-state index in [4.69, 9.17) is 4.52 Å². The van der Waals surface area contributed by atoms with E-state index in [-0.39, 0.29) is 6.04 Å². The molecule has 1 aliphatic heterocycles. The molecule has 18 heavy (non-hydrogen) atoms. The Labute approximate surface area is 107 Å². The Morgan fingerprint density at radius 3 is 2.61 bits per heavy atom. The first kappa shape index (κ1) is 13.4. The van der Waals surface area contributed by atoms with Crippen molar-refractivity contribution in [1.82, 2.24) is 19.8 Å². The highest BCUT2D eigenvalue weighted by Gasteiger charge is 2.22. The largest absolute Gasteiger partial charge is 0.340 e. The molecule has 0 amide bonds. The van der Waals surface area contributed by atoms with E-state index >= 15 is 0 Å². The lowest BCUT2D eigenvalue weighted by atomic mass is 10.1. The fourth-order valence-electron chi connectivity index (χ4n) is 2.12. The molecule has 8 heteroatoms. The summed E-state index contributed by atoms with van der Waals surface area (Å²) >= 11 is 0. The van der Waals surface area contributed by atoms with Gasteiger partial charge in [-0.05, 0) is 12.8 Å². The van der Waals surface area contributed by atoms with Crippen LogP contribution in [0.3, 0.4) is 0 Å². The van der Waals surface area contributed by atoms with Crippen molar-refractivity contribution < 1.29 is 12.9 Å². The van der Waals surface area contributed by atoms with Crippen LogP contribution in [0.5, 0.6) is 0 Å². The van der Waals surface area contributed by atoms with Gasteiger partial charge in [-0.2, -0.15) is 4.98 Å². The predicted octanol–water partition coefficient (Wildman–Crippen LogP) is -0.108. The Morgan fingerprint density at radius 1 is 1.44 bits per heavy atom. The van der Waals surface area contributed by atoms with Crippen molar-refractivity contribution in [1.29, 1.82) is 0 Å². The van der Waals surface area contributed by atoms with E-state index in [9.17, 15) is 8.42 Å². The molecule has 0 bridgehead atoms. The fraction of sp³-hybridized carbons (Fsp3) is 0.800. The molecule has 1 aromatic rings. The number of nitrogens with one attached hydrogen (secondary N) is 1. The highest BCUT2D eigenvalue weighted by Crippen LogP contribution is 2.13. The van der Waals surface area contributed by atoms with Gasteiger partial charge in [-0.1, -0.05) is 5.16 Å². The zero-order valence-corrected chi connectivity index (χ0v) is 11.4. The Kier molecular flexibility index (Phi) is 3.98. The Balaban J connectivity index is 1.80. The molecule has 0 spiro atoms. The molecule has 2 heterocycles. The molecule has 7 nitrogen and oxygen atoms in total. The Bertz CT molecular complexity index is 491. The second-order valence-corrected chi connectivity index (χ2v) is 6.45. The van der Waals surface area contributed by atoms with E-state index in [2.05, 4.69) is 19.8 Å². The van der Waals surface area contributed by atoms with Crippen LogP contribution in [0.1, 0.15) is 24.6 Å². The lowest BCUT2D eigenvalue weighted by Crippen LogP contribution is -2.44. The van der Waals surface area contributed by atoms with Crippen LogP contribution >= 0.6 is 0 Å². The quantitative estimate of drug-likeness (QED) is 0.824. The maximum absolute atomic E-state index is 11.1. The average Bonchev–Trinajstić information content (AvgIpc) is 2.65. The number of aromatic nitrogens is 2. The van der Waals surface area contributed by atoms with E-state index in [0.717, 1.165) is 25.9 Å². The van der Waals surface area contributed by atoms with E-state index in [1.54, 1.807) is 6.92 Å². The monoisotopic (exact) mass is 274 g/mol. The summed E-state index contributed by atoms with van der Waals surface area (Å²) in [7, 11) is -3.10. The molecule has 0 atom stereocenters. The first-order chi connectivity index (χ1) is 8.42. The third kappa shape index (κ3) is 4.04. The molecule has 1 aliphatic rings. The molecule has 0 radical (unpaired) electrons. The third-order valence-corrected chi connectivity index (χ3v) is 3.66. The van der Waals surface area contributed by atoms with Gasteiger partial charge in [-0.15, -0.1) is 0 Å². The molecular weight excluding hydrogens is 256 g/mol. The molecule has 2 rings (SSSR count). The number of nitrogens with zero attached hydrogens (tertiary/aromatic N) is 3. The van der Waals surface area contributed by atoms with E-state index < -0.39 is 10.0 Å². The number of sulfonamides is 1. The van der Waals surface area contributed by atoms with Crippen LogP contribution in [0.4, 0.5) is 0 Å². The van der Waals surface area contributed by atoms with Gasteiger partial charge in [0.1, 0.15) is 0 Å². The molecule has 0 aromatic carbocycles. The summed E-state index contributed by atoms with van der Waals surface area (Å²) < 4.78 is 29.8. The van der Waals surface area contributed by atoms with Gasteiger partial charge in [0.15, 0.2) is 5.82 Å². The number of hydrogen-bond donors (Lipinski definition) is 1. The molecule has 102 valence electrons. The maximum Gasteiger partial charge on any atom is 0.223 e. The molecular formula is C10H18N4O3S. The molecule has 0 aliphatic carbocycles. The van der Waals surface area contributed by atoms with Gasteiger partial charge in [0.2, 0.25) is 15.9 Å². The molecule has 1 N–H and O–H groups in total. The van der Waals surface area contributed by atoms with Crippen LogP contribution in [0.2, 0.25) is 0 Å². The van der Waals surface area contributed by atoms with Crippen LogP contribution in [-0.2, 0) is 16.6 Å². The number of piperidine rings is 1. The van der Waals surface area contributed by atoms with Crippen LogP contribution in [0, 0.1) is 6.92 Å². The summed E-state index contributed by atoms with van der Waals surface area (Å²) in [5, 5.41) is 3.85. The zero-order valence-electron chi connectivity index (χ0n) is 10.6. The molecule has 0 unspecified atom stereocenters. The Morgan fingerprint density at radius 2 is 2.11 bits per heavy atom. The second-order valence-electron chi connectivity index (χ2n) is 4.67. The minimum atomic E-state index is -3.10. The first-order valence-electron chi connectivity index (χ1n) is 5.91. The maximum atomic E-state index is 11.1. The second kappa shape index (κ2) is 5.33. The van der Waals surface area contributed by atoms with Gasteiger partial charge in [0.05, 0.1) is 12.8 Å². The van der Waals surface area contributed by atoms with Crippen LogP contribution in [0.15, 0.2) is 4.52 Å². The smallest absolute Gasteiger partial charge is 0.223 e. The lowest BCUT2D eigenvalue weighted by molar-refractivity contribution is 0.193. The topological polar surface area (TPSA) is 88.3 Å². The first-order valence-corrected chi connectivity index (χ1v) is 7.80. The van der Waals surface area contributed by atoms with Crippen molar-refractivity contribution in [2.24, 2.45) is 0 Å². The molecule has 1 aromatic heterocycles.